The van der Waals surface area contributed by atoms with Crippen molar-refractivity contribution in [3.63, 3.8) is 0 Å². The van der Waals surface area contributed by atoms with Gasteiger partial charge in [-0.1, -0.05) is 11.8 Å². The number of carbonyl (C=O) groups is 3. The van der Waals surface area contributed by atoms with Gasteiger partial charge in [0.25, 0.3) is 11.8 Å². The standard InChI is InChI=1S/C30H26F6N4O5/c1-17(41)26(28(44)40-45)39-27(43)21-8-4-18(5-9-21)2-3-19-6-10-24(11-7-19)38-25(42)16-37-15-20-12-22(29(31,32)33)14-23(13-20)30(34,35)36/h4-14,17,26,37,41,45H,15-16H2,1H3,(H,38,42)(H,39,43)(H,40,44)/t17-,26+/m1/s1. The van der Waals surface area contributed by atoms with Gasteiger partial charge in [0.2, 0.25) is 5.91 Å². The molecule has 0 fully saturated rings. The number of carbonyl (C=O) groups excluding carboxylic acids is 3. The predicted octanol–water partition coefficient (Wildman–Crippen LogP) is 3.84. The number of anilines is 1. The Balaban J connectivity index is 1.54. The van der Waals surface area contributed by atoms with Crippen molar-refractivity contribution in [2.75, 3.05) is 11.9 Å². The van der Waals surface area contributed by atoms with E-state index in [0.717, 1.165) is 0 Å². The minimum atomic E-state index is -4.97. The van der Waals surface area contributed by atoms with Crippen molar-refractivity contribution in [3.05, 3.63) is 100 Å². The fraction of sp³-hybridized carbons (Fsp3) is 0.233. The number of nitrogens with one attached hydrogen (secondary N) is 4. The number of benzene rings is 3. The molecule has 0 aliphatic rings. The van der Waals surface area contributed by atoms with Gasteiger partial charge >= 0.3 is 12.4 Å². The molecule has 45 heavy (non-hydrogen) atoms. The molecule has 0 saturated carbocycles. The fourth-order valence-electron chi connectivity index (χ4n) is 3.83. The second-order valence-electron chi connectivity index (χ2n) is 9.64. The Bertz CT molecular complexity index is 1550. The van der Waals surface area contributed by atoms with E-state index in [-0.39, 0.29) is 23.7 Å². The number of hydrogen-bond donors (Lipinski definition) is 6. The molecule has 15 heteroatoms. The zero-order valence-electron chi connectivity index (χ0n) is 23.3. The molecule has 0 aliphatic heterocycles. The molecule has 0 saturated heterocycles. The zero-order chi connectivity index (χ0) is 33.4. The maximum absolute atomic E-state index is 13.0. The lowest BCUT2D eigenvalue weighted by Crippen LogP contribution is -2.51. The quantitative estimate of drug-likeness (QED) is 0.0914. The van der Waals surface area contributed by atoms with Crippen LogP contribution in [0.5, 0.6) is 0 Å². The van der Waals surface area contributed by atoms with Crippen LogP contribution in [-0.4, -0.2) is 46.7 Å². The Labute approximate surface area is 252 Å². The second-order valence-corrected chi connectivity index (χ2v) is 9.64. The molecule has 3 amide bonds. The highest BCUT2D eigenvalue weighted by atomic mass is 19.4. The first-order valence-corrected chi connectivity index (χ1v) is 13.0. The Kier molecular flexibility index (Phi) is 11.3. The van der Waals surface area contributed by atoms with Gasteiger partial charge in [0, 0.05) is 28.9 Å². The number of rotatable bonds is 9. The molecule has 0 aliphatic carbocycles. The average Bonchev–Trinajstić information content (AvgIpc) is 2.98. The number of hydroxylamine groups is 1. The van der Waals surface area contributed by atoms with E-state index in [4.69, 9.17) is 5.21 Å². The van der Waals surface area contributed by atoms with Crippen LogP contribution >= 0.6 is 0 Å². The third kappa shape index (κ3) is 10.3. The van der Waals surface area contributed by atoms with Gasteiger partial charge in [-0.2, -0.15) is 26.3 Å². The van der Waals surface area contributed by atoms with Crippen LogP contribution in [0.25, 0.3) is 0 Å². The molecular formula is C30H26F6N4O5. The highest BCUT2D eigenvalue weighted by molar-refractivity contribution is 5.97. The lowest BCUT2D eigenvalue weighted by molar-refractivity contribution is -0.143. The summed E-state index contributed by atoms with van der Waals surface area (Å²) in [6.07, 6.45) is -11.2. The van der Waals surface area contributed by atoms with E-state index in [1.807, 2.05) is 0 Å². The molecule has 0 heterocycles. The maximum atomic E-state index is 13.0. The number of alkyl halides is 6. The Morgan fingerprint density at radius 2 is 1.33 bits per heavy atom. The number of aliphatic hydroxyl groups is 1. The van der Waals surface area contributed by atoms with Crippen LogP contribution in [0, 0.1) is 11.8 Å². The molecule has 0 unspecified atom stereocenters. The molecule has 2 atom stereocenters. The van der Waals surface area contributed by atoms with Crippen LogP contribution in [0.15, 0.2) is 66.7 Å². The second kappa shape index (κ2) is 14.7. The third-order valence-corrected chi connectivity index (χ3v) is 6.09. The fourth-order valence-corrected chi connectivity index (χ4v) is 3.83. The summed E-state index contributed by atoms with van der Waals surface area (Å²) < 4.78 is 78.1. The molecule has 0 spiro atoms. The molecule has 3 aromatic rings. The number of halogens is 6. The van der Waals surface area contributed by atoms with Gasteiger partial charge in [0.05, 0.1) is 23.8 Å². The average molecular weight is 637 g/mol. The zero-order valence-corrected chi connectivity index (χ0v) is 23.3. The van der Waals surface area contributed by atoms with Gasteiger partial charge in [0.15, 0.2) is 0 Å². The monoisotopic (exact) mass is 636 g/mol. The number of hydrogen-bond acceptors (Lipinski definition) is 6. The number of amides is 3. The molecule has 6 N–H and O–H groups in total. The highest BCUT2D eigenvalue weighted by Gasteiger charge is 2.36. The lowest BCUT2D eigenvalue weighted by atomic mass is 10.0. The van der Waals surface area contributed by atoms with Gasteiger partial charge < -0.3 is 21.1 Å². The van der Waals surface area contributed by atoms with Gasteiger partial charge in [0.1, 0.15) is 6.04 Å². The van der Waals surface area contributed by atoms with E-state index in [1.165, 1.54) is 24.5 Å². The smallest absolute Gasteiger partial charge is 0.391 e. The molecule has 0 radical (unpaired) electrons. The molecule has 3 rings (SSSR count). The van der Waals surface area contributed by atoms with Gasteiger partial charge in [-0.15, -0.1) is 0 Å². The van der Waals surface area contributed by atoms with Crippen LogP contribution in [-0.2, 0) is 28.5 Å². The summed E-state index contributed by atoms with van der Waals surface area (Å²) in [7, 11) is 0. The van der Waals surface area contributed by atoms with Crippen molar-refractivity contribution in [1.82, 2.24) is 16.1 Å². The predicted molar refractivity (Wildman–Crippen MR) is 149 cm³/mol. The summed E-state index contributed by atoms with van der Waals surface area (Å²) in [6.45, 7) is 0.469. The van der Waals surface area contributed by atoms with E-state index in [1.54, 1.807) is 36.4 Å². The van der Waals surface area contributed by atoms with Crippen LogP contribution in [0.4, 0.5) is 32.0 Å². The summed E-state index contributed by atoms with van der Waals surface area (Å²) in [6, 6.07) is 12.1. The summed E-state index contributed by atoms with van der Waals surface area (Å²) >= 11 is 0. The summed E-state index contributed by atoms with van der Waals surface area (Å²) in [5.74, 6) is 3.55. The largest absolute Gasteiger partial charge is 0.416 e. The van der Waals surface area contributed by atoms with Crippen molar-refractivity contribution < 1.29 is 51.0 Å². The van der Waals surface area contributed by atoms with Crippen molar-refractivity contribution in [1.29, 1.82) is 0 Å². The first kappa shape index (κ1) is 34.6. The van der Waals surface area contributed by atoms with Crippen molar-refractivity contribution in [3.8, 4) is 11.8 Å². The van der Waals surface area contributed by atoms with Gasteiger partial charge in [-0.25, -0.2) is 5.48 Å². The summed E-state index contributed by atoms with van der Waals surface area (Å²) in [5, 5.41) is 25.8. The van der Waals surface area contributed by atoms with E-state index in [2.05, 4.69) is 27.8 Å². The number of aliphatic hydroxyl groups excluding tert-OH is 1. The van der Waals surface area contributed by atoms with E-state index >= 15 is 0 Å². The molecule has 9 nitrogen and oxygen atoms in total. The molecule has 238 valence electrons. The first-order valence-electron chi connectivity index (χ1n) is 13.0. The molecule has 3 aromatic carbocycles. The van der Waals surface area contributed by atoms with Gasteiger partial charge in [-0.3, -0.25) is 19.6 Å². The van der Waals surface area contributed by atoms with Crippen molar-refractivity contribution >= 4 is 23.4 Å². The normalized spacial score (nSPS) is 12.7. The van der Waals surface area contributed by atoms with Crippen LogP contribution in [0.3, 0.4) is 0 Å². The van der Waals surface area contributed by atoms with Crippen LogP contribution < -0.4 is 21.4 Å². The van der Waals surface area contributed by atoms with Crippen molar-refractivity contribution in [2.24, 2.45) is 0 Å². The first-order chi connectivity index (χ1) is 21.1. The summed E-state index contributed by atoms with van der Waals surface area (Å²) in [4.78, 5) is 36.2. The molecule has 0 aromatic heterocycles. The SMILES string of the molecule is C[C@@H](O)[C@H](NC(=O)c1ccc(C#Cc2ccc(NC(=O)CNCc3cc(C(F)(F)F)cc(C(F)(F)F)c3)cc2)cc1)C(=O)NO. The van der Waals surface area contributed by atoms with Crippen LogP contribution in [0.2, 0.25) is 0 Å². The minimum Gasteiger partial charge on any atom is -0.391 e. The van der Waals surface area contributed by atoms with E-state index < -0.39 is 59.9 Å². The highest BCUT2D eigenvalue weighted by Crippen LogP contribution is 2.36. The van der Waals surface area contributed by atoms with Gasteiger partial charge in [-0.05, 0) is 79.2 Å². The van der Waals surface area contributed by atoms with E-state index in [9.17, 15) is 45.8 Å². The van der Waals surface area contributed by atoms with Crippen molar-refractivity contribution in [2.45, 2.75) is 38.0 Å². The molecule has 0 bridgehead atoms. The Morgan fingerprint density at radius 1 is 0.822 bits per heavy atom. The third-order valence-electron chi connectivity index (χ3n) is 6.09. The Hall–Kier alpha value is -4.91. The lowest BCUT2D eigenvalue weighted by Gasteiger charge is -2.19. The minimum absolute atomic E-state index is 0.0293. The molecular weight excluding hydrogens is 610 g/mol. The maximum Gasteiger partial charge on any atom is 0.416 e. The topological polar surface area (TPSA) is 140 Å². The van der Waals surface area contributed by atoms with E-state index in [0.29, 0.717) is 28.9 Å². The Morgan fingerprint density at radius 3 is 1.80 bits per heavy atom. The summed E-state index contributed by atoms with van der Waals surface area (Å²) in [5.41, 5.74) is -0.166. The van der Waals surface area contributed by atoms with Crippen LogP contribution in [0.1, 0.15) is 45.1 Å².